The van der Waals surface area contributed by atoms with E-state index in [-0.39, 0.29) is 6.10 Å². The van der Waals surface area contributed by atoms with Crippen molar-refractivity contribution in [1.29, 1.82) is 0 Å². The molecule has 0 saturated carbocycles. The van der Waals surface area contributed by atoms with Crippen LogP contribution in [0.15, 0.2) is 53.4 Å². The van der Waals surface area contributed by atoms with Gasteiger partial charge in [0.25, 0.3) is 0 Å². The summed E-state index contributed by atoms with van der Waals surface area (Å²) in [6.45, 7) is 5.75. The Balaban J connectivity index is 1.29. The molecule has 0 amide bonds. The lowest BCUT2D eigenvalue weighted by Gasteiger charge is -2.37. The molecule has 7 heteroatoms. The van der Waals surface area contributed by atoms with Crippen LogP contribution in [0.4, 0.5) is 5.69 Å². The summed E-state index contributed by atoms with van der Waals surface area (Å²) >= 11 is 0. The number of anilines is 1. The van der Waals surface area contributed by atoms with Crippen molar-refractivity contribution in [2.24, 2.45) is 0 Å². The minimum atomic E-state index is -3.38. The molecule has 1 atom stereocenters. The van der Waals surface area contributed by atoms with Crippen molar-refractivity contribution in [2.45, 2.75) is 23.8 Å². The van der Waals surface area contributed by atoms with E-state index < -0.39 is 10.0 Å². The summed E-state index contributed by atoms with van der Waals surface area (Å²) in [4.78, 5) is 5.12. The van der Waals surface area contributed by atoms with Gasteiger partial charge < -0.3 is 9.64 Å². The molecular formula is C22H29N3O3S. The summed E-state index contributed by atoms with van der Waals surface area (Å²) in [5.74, 6) is 0. The van der Waals surface area contributed by atoms with Crippen LogP contribution in [0.5, 0.6) is 0 Å². The number of hydrogen-bond donors (Lipinski definition) is 1. The van der Waals surface area contributed by atoms with E-state index in [0.29, 0.717) is 4.90 Å². The van der Waals surface area contributed by atoms with Crippen LogP contribution in [0.1, 0.15) is 23.7 Å². The quantitative estimate of drug-likeness (QED) is 0.785. The fourth-order valence-corrected chi connectivity index (χ4v) is 4.93. The highest BCUT2D eigenvalue weighted by atomic mass is 32.2. The largest absolute Gasteiger partial charge is 0.373 e. The first-order chi connectivity index (χ1) is 14.1. The first kappa shape index (κ1) is 20.3. The first-order valence-corrected chi connectivity index (χ1v) is 11.8. The minimum Gasteiger partial charge on any atom is -0.373 e. The van der Waals surface area contributed by atoms with Gasteiger partial charge in [0.15, 0.2) is 0 Å². The van der Waals surface area contributed by atoms with Crippen LogP contribution in [0.25, 0.3) is 0 Å². The maximum Gasteiger partial charge on any atom is 0.240 e. The van der Waals surface area contributed by atoms with Gasteiger partial charge in [-0.1, -0.05) is 24.3 Å². The number of ether oxygens (including phenoxy) is 1. The van der Waals surface area contributed by atoms with Crippen LogP contribution < -0.4 is 9.62 Å². The van der Waals surface area contributed by atoms with Crippen molar-refractivity contribution in [1.82, 2.24) is 9.62 Å². The van der Waals surface area contributed by atoms with Crippen LogP contribution in [0, 0.1) is 0 Å². The number of nitrogens with one attached hydrogen (secondary N) is 1. The van der Waals surface area contributed by atoms with Crippen LogP contribution in [0.3, 0.4) is 0 Å². The topological polar surface area (TPSA) is 61.9 Å². The lowest BCUT2D eigenvalue weighted by atomic mass is 9.95. The SMILES string of the molecule is CNS(=O)(=O)c1ccc(N2CCN(CC[C@@H]3OCCc4ccccc43)CC2)cc1. The van der Waals surface area contributed by atoms with Gasteiger partial charge in [0.05, 0.1) is 17.6 Å². The Bertz CT molecular complexity index is 923. The van der Waals surface area contributed by atoms with E-state index >= 15 is 0 Å². The Morgan fingerprint density at radius 2 is 1.76 bits per heavy atom. The van der Waals surface area contributed by atoms with Gasteiger partial charge in [-0.2, -0.15) is 0 Å². The monoisotopic (exact) mass is 415 g/mol. The average Bonchev–Trinajstić information content (AvgIpc) is 2.78. The summed E-state index contributed by atoms with van der Waals surface area (Å²) < 4.78 is 32.1. The van der Waals surface area contributed by atoms with E-state index in [1.54, 1.807) is 12.1 Å². The second kappa shape index (κ2) is 8.83. The Labute approximate surface area is 173 Å². The van der Waals surface area contributed by atoms with Crippen molar-refractivity contribution < 1.29 is 13.2 Å². The maximum atomic E-state index is 11.9. The second-order valence-corrected chi connectivity index (χ2v) is 9.51. The van der Waals surface area contributed by atoms with E-state index in [2.05, 4.69) is 38.8 Å². The zero-order valence-corrected chi connectivity index (χ0v) is 17.7. The normalized spacial score (nSPS) is 20.4. The van der Waals surface area contributed by atoms with E-state index in [9.17, 15) is 8.42 Å². The van der Waals surface area contributed by atoms with Crippen molar-refractivity contribution in [3.8, 4) is 0 Å². The standard InChI is InChI=1S/C22H29N3O3S/c1-23-29(26,27)20-8-6-19(7-9-20)25-15-13-24(14-16-25)12-10-22-21-5-3-2-4-18(21)11-17-28-22/h2-9,22-23H,10-17H2,1H3/t22-/m0/s1. The zero-order valence-electron chi connectivity index (χ0n) is 16.9. The van der Waals surface area contributed by atoms with Crippen LogP contribution in [-0.2, 0) is 21.2 Å². The molecule has 2 heterocycles. The van der Waals surface area contributed by atoms with Crippen LogP contribution >= 0.6 is 0 Å². The molecule has 2 aliphatic rings. The highest BCUT2D eigenvalue weighted by Gasteiger charge is 2.23. The fraction of sp³-hybridized carbons (Fsp3) is 0.455. The van der Waals surface area contributed by atoms with Crippen molar-refractivity contribution >= 4 is 15.7 Å². The Kier molecular flexibility index (Phi) is 6.20. The maximum absolute atomic E-state index is 11.9. The molecule has 1 saturated heterocycles. The minimum absolute atomic E-state index is 0.208. The number of rotatable bonds is 6. The molecule has 2 aromatic rings. The molecule has 29 heavy (non-hydrogen) atoms. The molecule has 6 nitrogen and oxygen atoms in total. The van der Waals surface area contributed by atoms with Gasteiger partial charge in [-0.25, -0.2) is 13.1 Å². The summed E-state index contributed by atoms with van der Waals surface area (Å²) in [5, 5.41) is 0. The number of nitrogens with zero attached hydrogens (tertiary/aromatic N) is 2. The van der Waals surface area contributed by atoms with Crippen molar-refractivity contribution in [3.63, 3.8) is 0 Å². The number of piperazine rings is 1. The molecule has 0 aromatic heterocycles. The fourth-order valence-electron chi connectivity index (χ4n) is 4.20. The Morgan fingerprint density at radius 3 is 2.48 bits per heavy atom. The third-order valence-electron chi connectivity index (χ3n) is 5.95. The highest BCUT2D eigenvalue weighted by molar-refractivity contribution is 7.89. The summed E-state index contributed by atoms with van der Waals surface area (Å²) in [6, 6.07) is 15.8. The van der Waals surface area contributed by atoms with E-state index in [1.807, 2.05) is 12.1 Å². The average molecular weight is 416 g/mol. The predicted molar refractivity (Wildman–Crippen MR) is 115 cm³/mol. The van der Waals surface area contributed by atoms with Gasteiger partial charge >= 0.3 is 0 Å². The molecule has 1 fully saturated rings. The van der Waals surface area contributed by atoms with Gasteiger partial charge in [0.1, 0.15) is 0 Å². The van der Waals surface area contributed by atoms with Crippen molar-refractivity contribution in [3.05, 3.63) is 59.7 Å². The highest BCUT2D eigenvalue weighted by Crippen LogP contribution is 2.30. The number of hydrogen-bond acceptors (Lipinski definition) is 5. The lowest BCUT2D eigenvalue weighted by molar-refractivity contribution is 0.0289. The molecule has 0 bridgehead atoms. The molecule has 0 aliphatic carbocycles. The Hall–Kier alpha value is -1.93. The summed E-state index contributed by atoms with van der Waals surface area (Å²) in [6.07, 6.45) is 2.24. The molecule has 2 aromatic carbocycles. The van der Waals surface area contributed by atoms with Gasteiger partial charge in [-0.15, -0.1) is 0 Å². The molecule has 2 aliphatic heterocycles. The van der Waals surface area contributed by atoms with Gasteiger partial charge in [0, 0.05) is 38.4 Å². The Morgan fingerprint density at radius 1 is 1.03 bits per heavy atom. The smallest absolute Gasteiger partial charge is 0.240 e. The molecule has 0 radical (unpaired) electrons. The first-order valence-electron chi connectivity index (χ1n) is 10.3. The lowest BCUT2D eigenvalue weighted by Crippen LogP contribution is -2.47. The summed E-state index contributed by atoms with van der Waals surface area (Å²) in [5.41, 5.74) is 3.86. The molecular weight excluding hydrogens is 386 g/mol. The predicted octanol–water partition coefficient (Wildman–Crippen LogP) is 2.42. The molecule has 156 valence electrons. The van der Waals surface area contributed by atoms with Gasteiger partial charge in [-0.3, -0.25) is 4.90 Å². The van der Waals surface area contributed by atoms with Gasteiger partial charge in [-0.05, 0) is 55.3 Å². The summed E-state index contributed by atoms with van der Waals surface area (Å²) in [7, 11) is -1.95. The number of fused-ring (bicyclic) bond motifs is 1. The van der Waals surface area contributed by atoms with E-state index in [4.69, 9.17) is 4.74 Å². The van der Waals surface area contributed by atoms with Crippen LogP contribution in [-0.4, -0.2) is 59.7 Å². The second-order valence-electron chi connectivity index (χ2n) is 7.63. The third kappa shape index (κ3) is 4.64. The van der Waals surface area contributed by atoms with Gasteiger partial charge in [0.2, 0.25) is 10.0 Å². The van der Waals surface area contributed by atoms with E-state index in [1.165, 1.54) is 18.2 Å². The molecule has 0 unspecified atom stereocenters. The number of benzene rings is 2. The van der Waals surface area contributed by atoms with Crippen molar-refractivity contribution in [2.75, 3.05) is 51.3 Å². The zero-order chi connectivity index (χ0) is 20.3. The van der Waals surface area contributed by atoms with E-state index in [0.717, 1.165) is 57.9 Å². The molecule has 4 rings (SSSR count). The van der Waals surface area contributed by atoms with Crippen LogP contribution in [0.2, 0.25) is 0 Å². The molecule has 1 N–H and O–H groups in total. The number of sulfonamides is 1. The molecule has 0 spiro atoms. The third-order valence-corrected chi connectivity index (χ3v) is 7.38.